The van der Waals surface area contributed by atoms with E-state index in [4.69, 9.17) is 10.5 Å². The highest BCUT2D eigenvalue weighted by Crippen LogP contribution is 2.31. The fourth-order valence-corrected chi connectivity index (χ4v) is 4.19. The molecule has 0 aliphatic rings. The Balaban J connectivity index is 2.37. The van der Waals surface area contributed by atoms with Crippen molar-refractivity contribution in [1.82, 2.24) is 4.31 Å². The van der Waals surface area contributed by atoms with E-state index in [9.17, 15) is 8.42 Å². The van der Waals surface area contributed by atoms with Crippen molar-refractivity contribution in [3.8, 4) is 5.75 Å². The van der Waals surface area contributed by atoms with Gasteiger partial charge in [0.05, 0.1) is 23.7 Å². The van der Waals surface area contributed by atoms with E-state index in [0.717, 1.165) is 4.88 Å². The predicted molar refractivity (Wildman–Crippen MR) is 85.1 cm³/mol. The summed E-state index contributed by atoms with van der Waals surface area (Å²) in [6.07, 6.45) is 0. The molecule has 0 saturated carbocycles. The lowest BCUT2D eigenvalue weighted by molar-refractivity contribution is 0.400. The number of rotatable bonds is 5. The minimum Gasteiger partial charge on any atom is -0.495 e. The number of nitrogens with zero attached hydrogens (tertiary/aromatic N) is 1. The van der Waals surface area contributed by atoms with Crippen LogP contribution < -0.4 is 10.5 Å². The Bertz CT molecular complexity index is 712. The number of ether oxygens (including phenoxy) is 1. The van der Waals surface area contributed by atoms with Crippen LogP contribution in [0.25, 0.3) is 0 Å². The van der Waals surface area contributed by atoms with E-state index < -0.39 is 10.0 Å². The highest BCUT2D eigenvalue weighted by atomic mass is 32.2. The number of methoxy groups -OCH3 is 1. The second-order valence-electron chi connectivity index (χ2n) is 4.62. The van der Waals surface area contributed by atoms with E-state index in [1.807, 2.05) is 24.4 Å². The van der Waals surface area contributed by atoms with Crippen LogP contribution in [-0.2, 0) is 10.0 Å². The SMILES string of the molecule is COc1cc(S(=O)(=O)N(C)C(C)c2cccs2)ccc1N. The first-order valence-electron chi connectivity index (χ1n) is 6.33. The lowest BCUT2D eigenvalue weighted by Gasteiger charge is -2.23. The summed E-state index contributed by atoms with van der Waals surface area (Å²) >= 11 is 1.53. The Labute approximate surface area is 129 Å². The van der Waals surface area contributed by atoms with Crippen LogP contribution in [0, 0.1) is 0 Å². The van der Waals surface area contributed by atoms with Crippen LogP contribution in [0.4, 0.5) is 5.69 Å². The Hall–Kier alpha value is -1.57. The third kappa shape index (κ3) is 3.04. The van der Waals surface area contributed by atoms with Gasteiger partial charge in [-0.2, -0.15) is 4.31 Å². The van der Waals surface area contributed by atoms with E-state index >= 15 is 0 Å². The van der Waals surface area contributed by atoms with Crippen LogP contribution in [0.15, 0.2) is 40.6 Å². The number of sulfonamides is 1. The molecule has 0 spiro atoms. The molecule has 0 fully saturated rings. The standard InChI is InChI=1S/C14H18N2O3S2/c1-10(14-5-4-8-20-14)16(2)21(17,18)11-6-7-12(15)13(9-11)19-3/h4-10H,15H2,1-3H3. The van der Waals surface area contributed by atoms with E-state index in [2.05, 4.69) is 0 Å². The van der Waals surface area contributed by atoms with Crippen LogP contribution in [0.3, 0.4) is 0 Å². The van der Waals surface area contributed by atoms with Crippen molar-refractivity contribution in [2.75, 3.05) is 19.9 Å². The molecule has 0 bridgehead atoms. The van der Waals surface area contributed by atoms with Gasteiger partial charge in [0.25, 0.3) is 0 Å². The molecule has 2 N–H and O–H groups in total. The average molecular weight is 326 g/mol. The number of hydrogen-bond acceptors (Lipinski definition) is 5. The zero-order chi connectivity index (χ0) is 15.6. The highest BCUT2D eigenvalue weighted by molar-refractivity contribution is 7.89. The lowest BCUT2D eigenvalue weighted by atomic mass is 10.3. The maximum atomic E-state index is 12.7. The maximum absolute atomic E-state index is 12.7. The molecule has 1 unspecified atom stereocenters. The molecular weight excluding hydrogens is 308 g/mol. The second-order valence-corrected chi connectivity index (χ2v) is 7.59. The Morgan fingerprint density at radius 3 is 2.62 bits per heavy atom. The second kappa shape index (κ2) is 6.05. The van der Waals surface area contributed by atoms with Gasteiger partial charge in [0.15, 0.2) is 0 Å². The monoisotopic (exact) mass is 326 g/mol. The molecule has 0 aliphatic heterocycles. The van der Waals surface area contributed by atoms with Crippen molar-refractivity contribution >= 4 is 27.0 Å². The summed E-state index contributed by atoms with van der Waals surface area (Å²) in [6, 6.07) is 8.06. The first-order valence-corrected chi connectivity index (χ1v) is 8.65. The molecule has 0 aliphatic carbocycles. The summed E-state index contributed by atoms with van der Waals surface area (Å²) in [5.74, 6) is 0.355. The molecule has 0 saturated heterocycles. The summed E-state index contributed by atoms with van der Waals surface area (Å²) in [5, 5.41) is 1.93. The van der Waals surface area contributed by atoms with Crippen molar-refractivity contribution in [3.05, 3.63) is 40.6 Å². The molecule has 0 radical (unpaired) electrons. The fraction of sp³-hybridized carbons (Fsp3) is 0.286. The van der Waals surface area contributed by atoms with Gasteiger partial charge < -0.3 is 10.5 Å². The topological polar surface area (TPSA) is 72.6 Å². The number of benzene rings is 1. The number of nitrogen functional groups attached to an aromatic ring is 1. The molecule has 1 atom stereocenters. The van der Waals surface area contributed by atoms with Gasteiger partial charge in [0.1, 0.15) is 5.75 Å². The molecule has 2 aromatic rings. The Kier molecular flexibility index (Phi) is 4.55. The molecule has 0 amide bonds. The smallest absolute Gasteiger partial charge is 0.243 e. The van der Waals surface area contributed by atoms with Gasteiger partial charge in [0.2, 0.25) is 10.0 Å². The summed E-state index contributed by atoms with van der Waals surface area (Å²) in [5.41, 5.74) is 6.13. The van der Waals surface area contributed by atoms with Crippen LogP contribution in [0.1, 0.15) is 17.8 Å². The van der Waals surface area contributed by atoms with Crippen molar-refractivity contribution in [1.29, 1.82) is 0 Å². The summed E-state index contributed by atoms with van der Waals surface area (Å²) in [4.78, 5) is 1.16. The average Bonchev–Trinajstić information content (AvgIpc) is 3.00. The molecule has 1 aromatic carbocycles. The van der Waals surface area contributed by atoms with Crippen LogP contribution >= 0.6 is 11.3 Å². The maximum Gasteiger partial charge on any atom is 0.243 e. The summed E-state index contributed by atoms with van der Waals surface area (Å²) in [7, 11) is -0.579. The number of hydrogen-bond donors (Lipinski definition) is 1. The van der Waals surface area contributed by atoms with Crippen molar-refractivity contribution < 1.29 is 13.2 Å². The number of nitrogens with two attached hydrogens (primary N) is 1. The third-order valence-corrected chi connectivity index (χ3v) is 6.35. The van der Waals surface area contributed by atoms with E-state index in [1.54, 1.807) is 7.05 Å². The highest BCUT2D eigenvalue weighted by Gasteiger charge is 2.27. The number of thiophene rings is 1. The number of anilines is 1. The normalized spacial score (nSPS) is 13.3. The van der Waals surface area contributed by atoms with E-state index in [-0.39, 0.29) is 10.9 Å². The lowest BCUT2D eigenvalue weighted by Crippen LogP contribution is -2.29. The van der Waals surface area contributed by atoms with Gasteiger partial charge in [-0.25, -0.2) is 8.42 Å². The zero-order valence-electron chi connectivity index (χ0n) is 12.1. The van der Waals surface area contributed by atoms with Crippen LogP contribution in [0.2, 0.25) is 0 Å². The minimum absolute atomic E-state index is 0.166. The van der Waals surface area contributed by atoms with Gasteiger partial charge in [-0.3, -0.25) is 0 Å². The van der Waals surface area contributed by atoms with Crippen molar-refractivity contribution in [3.63, 3.8) is 0 Å². The van der Waals surface area contributed by atoms with E-state index in [1.165, 1.54) is 41.0 Å². The van der Waals surface area contributed by atoms with Gasteiger partial charge >= 0.3 is 0 Å². The largest absolute Gasteiger partial charge is 0.495 e. The van der Waals surface area contributed by atoms with Crippen molar-refractivity contribution in [2.45, 2.75) is 17.9 Å². The molecule has 5 nitrogen and oxygen atoms in total. The Morgan fingerprint density at radius 1 is 1.33 bits per heavy atom. The van der Waals surface area contributed by atoms with Crippen molar-refractivity contribution in [2.24, 2.45) is 0 Å². The summed E-state index contributed by atoms with van der Waals surface area (Å²) in [6.45, 7) is 1.86. The first kappa shape index (κ1) is 15.8. The van der Waals surface area contributed by atoms with Gasteiger partial charge in [-0.05, 0) is 30.5 Å². The minimum atomic E-state index is -3.61. The third-order valence-electron chi connectivity index (χ3n) is 3.38. The van der Waals surface area contributed by atoms with Crippen LogP contribution in [-0.4, -0.2) is 26.9 Å². The Morgan fingerprint density at radius 2 is 2.05 bits per heavy atom. The van der Waals surface area contributed by atoms with E-state index in [0.29, 0.717) is 11.4 Å². The van der Waals surface area contributed by atoms with Gasteiger partial charge in [-0.15, -0.1) is 11.3 Å². The zero-order valence-corrected chi connectivity index (χ0v) is 13.7. The fourth-order valence-electron chi connectivity index (χ4n) is 1.93. The molecular formula is C14H18N2O3S2. The van der Waals surface area contributed by atoms with Gasteiger partial charge in [0, 0.05) is 18.0 Å². The summed E-state index contributed by atoms with van der Waals surface area (Å²) < 4.78 is 31.8. The molecule has 7 heteroatoms. The molecule has 1 heterocycles. The first-order chi connectivity index (χ1) is 9.87. The molecule has 1 aromatic heterocycles. The quantitative estimate of drug-likeness (QED) is 0.858. The predicted octanol–water partition coefficient (Wildman–Crippen LogP) is 2.72. The molecule has 21 heavy (non-hydrogen) atoms. The van der Waals surface area contributed by atoms with Crippen LogP contribution in [0.5, 0.6) is 5.75 Å². The molecule has 2 rings (SSSR count). The molecule has 114 valence electrons. The van der Waals surface area contributed by atoms with Gasteiger partial charge in [-0.1, -0.05) is 6.07 Å².